The maximum atomic E-state index is 12.0. The Morgan fingerprint density at radius 2 is 1.90 bits per heavy atom. The summed E-state index contributed by atoms with van der Waals surface area (Å²) >= 11 is 0. The normalized spacial score (nSPS) is 22.8. The quantitative estimate of drug-likeness (QED) is 0.875. The average molecular weight is 288 g/mol. The Morgan fingerprint density at radius 1 is 1.20 bits per heavy atom. The van der Waals surface area contributed by atoms with Crippen molar-refractivity contribution in [2.45, 2.75) is 31.5 Å². The molecule has 1 aliphatic rings. The van der Waals surface area contributed by atoms with Crippen LogP contribution in [0.3, 0.4) is 0 Å². The van der Waals surface area contributed by atoms with Gasteiger partial charge in [-0.05, 0) is 49.6 Å². The molecular formula is C14H19F3N2O. The second-order valence-corrected chi connectivity index (χ2v) is 5.11. The van der Waals surface area contributed by atoms with Crippen molar-refractivity contribution in [3.05, 3.63) is 24.3 Å². The Bertz CT molecular complexity index is 419. The third-order valence-electron chi connectivity index (χ3n) is 3.57. The Hall–Kier alpha value is -1.43. The van der Waals surface area contributed by atoms with E-state index in [0.717, 1.165) is 24.9 Å². The van der Waals surface area contributed by atoms with Crippen molar-refractivity contribution >= 4 is 5.69 Å². The molecule has 1 aromatic rings. The van der Waals surface area contributed by atoms with Crippen LogP contribution in [0, 0.1) is 5.92 Å². The molecule has 1 aliphatic carbocycles. The van der Waals surface area contributed by atoms with Crippen molar-refractivity contribution in [2.24, 2.45) is 11.7 Å². The number of nitrogens with two attached hydrogens (primary N) is 1. The number of rotatable bonds is 5. The van der Waals surface area contributed by atoms with Crippen LogP contribution in [0.2, 0.25) is 0 Å². The van der Waals surface area contributed by atoms with E-state index in [0.29, 0.717) is 18.5 Å². The lowest BCUT2D eigenvalue weighted by molar-refractivity contribution is -0.153. The maximum absolute atomic E-state index is 12.0. The fourth-order valence-electron chi connectivity index (χ4n) is 2.54. The van der Waals surface area contributed by atoms with Crippen LogP contribution in [0.4, 0.5) is 18.9 Å². The smallest absolute Gasteiger partial charge is 0.422 e. The summed E-state index contributed by atoms with van der Waals surface area (Å²) in [6, 6.07) is 6.90. The number of hydrogen-bond acceptors (Lipinski definition) is 3. The molecule has 0 saturated heterocycles. The molecule has 112 valence electrons. The van der Waals surface area contributed by atoms with E-state index in [1.54, 1.807) is 24.3 Å². The standard InChI is InChI=1S/C14H19F3N2O/c15-14(16,17)9-20-12-6-4-11(5-7-12)19-13-3-1-2-10(13)8-18/h4-7,10,13,19H,1-3,8-9,18H2. The van der Waals surface area contributed by atoms with Gasteiger partial charge in [0.1, 0.15) is 5.75 Å². The summed E-state index contributed by atoms with van der Waals surface area (Å²) < 4.78 is 40.7. The first kappa shape index (κ1) is 15.0. The Labute approximate surface area is 116 Å². The molecule has 0 spiro atoms. The fraction of sp³-hybridized carbons (Fsp3) is 0.571. The number of halogens is 3. The average Bonchev–Trinajstić information content (AvgIpc) is 2.84. The van der Waals surface area contributed by atoms with Gasteiger partial charge < -0.3 is 15.8 Å². The fourth-order valence-corrected chi connectivity index (χ4v) is 2.54. The molecule has 1 fully saturated rings. The number of hydrogen-bond donors (Lipinski definition) is 2. The summed E-state index contributed by atoms with van der Waals surface area (Å²) in [7, 11) is 0. The molecule has 0 aromatic heterocycles. The van der Waals surface area contributed by atoms with E-state index < -0.39 is 12.8 Å². The second-order valence-electron chi connectivity index (χ2n) is 5.11. The van der Waals surface area contributed by atoms with E-state index in [1.807, 2.05) is 0 Å². The molecule has 0 radical (unpaired) electrons. The van der Waals surface area contributed by atoms with Crippen LogP contribution in [0.5, 0.6) is 5.75 Å². The van der Waals surface area contributed by atoms with Crippen LogP contribution in [-0.2, 0) is 0 Å². The van der Waals surface area contributed by atoms with Gasteiger partial charge in [-0.15, -0.1) is 0 Å². The van der Waals surface area contributed by atoms with Crippen molar-refractivity contribution in [1.29, 1.82) is 0 Å². The van der Waals surface area contributed by atoms with E-state index in [9.17, 15) is 13.2 Å². The van der Waals surface area contributed by atoms with Crippen LogP contribution >= 0.6 is 0 Å². The third kappa shape index (κ3) is 4.30. The molecule has 6 heteroatoms. The Morgan fingerprint density at radius 3 is 2.50 bits per heavy atom. The van der Waals surface area contributed by atoms with Crippen molar-refractivity contribution in [3.8, 4) is 5.75 Å². The first-order chi connectivity index (χ1) is 9.48. The van der Waals surface area contributed by atoms with E-state index in [4.69, 9.17) is 5.73 Å². The summed E-state index contributed by atoms with van der Waals surface area (Å²) in [6.07, 6.45) is -0.948. The first-order valence-electron chi connectivity index (χ1n) is 6.74. The third-order valence-corrected chi connectivity index (χ3v) is 3.57. The highest BCUT2D eigenvalue weighted by atomic mass is 19.4. The number of anilines is 1. The first-order valence-corrected chi connectivity index (χ1v) is 6.74. The van der Waals surface area contributed by atoms with Gasteiger partial charge in [0.25, 0.3) is 0 Å². The molecule has 2 atom stereocenters. The lowest BCUT2D eigenvalue weighted by atomic mass is 10.0. The molecule has 2 rings (SSSR count). The van der Waals surface area contributed by atoms with Crippen molar-refractivity contribution < 1.29 is 17.9 Å². The minimum absolute atomic E-state index is 0.217. The summed E-state index contributed by atoms with van der Waals surface area (Å²) in [5, 5.41) is 3.38. The maximum Gasteiger partial charge on any atom is 0.422 e. The largest absolute Gasteiger partial charge is 0.484 e. The minimum Gasteiger partial charge on any atom is -0.484 e. The van der Waals surface area contributed by atoms with E-state index in [2.05, 4.69) is 10.1 Å². The number of benzene rings is 1. The van der Waals surface area contributed by atoms with Crippen LogP contribution in [-0.4, -0.2) is 25.4 Å². The monoisotopic (exact) mass is 288 g/mol. The number of nitrogens with one attached hydrogen (secondary N) is 1. The Kier molecular flexibility index (Phi) is 4.75. The molecule has 2 unspecified atom stereocenters. The van der Waals surface area contributed by atoms with Gasteiger partial charge in [0, 0.05) is 11.7 Å². The molecule has 3 nitrogen and oxygen atoms in total. The molecule has 0 bridgehead atoms. The SMILES string of the molecule is NCC1CCCC1Nc1ccc(OCC(F)(F)F)cc1. The summed E-state index contributed by atoms with van der Waals surface area (Å²) in [6.45, 7) is -0.609. The van der Waals surface area contributed by atoms with Crippen molar-refractivity contribution in [1.82, 2.24) is 0 Å². The molecule has 0 heterocycles. The zero-order valence-electron chi connectivity index (χ0n) is 11.1. The molecule has 3 N–H and O–H groups in total. The number of alkyl halides is 3. The van der Waals surface area contributed by atoms with Crippen LogP contribution in [0.25, 0.3) is 0 Å². The van der Waals surface area contributed by atoms with Gasteiger partial charge in [0.2, 0.25) is 0 Å². The van der Waals surface area contributed by atoms with Gasteiger partial charge in [0.15, 0.2) is 6.61 Å². The summed E-state index contributed by atoms with van der Waals surface area (Å²) in [5.41, 5.74) is 6.60. The number of ether oxygens (including phenoxy) is 1. The van der Waals surface area contributed by atoms with E-state index >= 15 is 0 Å². The van der Waals surface area contributed by atoms with Crippen molar-refractivity contribution in [3.63, 3.8) is 0 Å². The predicted octanol–water partition coefficient (Wildman–Crippen LogP) is 3.17. The molecule has 20 heavy (non-hydrogen) atoms. The van der Waals surface area contributed by atoms with Gasteiger partial charge in [-0.25, -0.2) is 0 Å². The predicted molar refractivity (Wildman–Crippen MR) is 71.8 cm³/mol. The minimum atomic E-state index is -4.31. The second kappa shape index (κ2) is 6.35. The summed E-state index contributed by atoms with van der Waals surface area (Å²) in [5.74, 6) is 0.686. The Balaban J connectivity index is 1.88. The van der Waals surface area contributed by atoms with Gasteiger partial charge in [-0.3, -0.25) is 0 Å². The molecule has 1 saturated carbocycles. The highest BCUT2D eigenvalue weighted by Gasteiger charge is 2.28. The lowest BCUT2D eigenvalue weighted by Gasteiger charge is -2.20. The van der Waals surface area contributed by atoms with Crippen LogP contribution in [0.15, 0.2) is 24.3 Å². The van der Waals surface area contributed by atoms with Gasteiger partial charge in [-0.2, -0.15) is 13.2 Å². The molecule has 1 aromatic carbocycles. The molecule has 0 amide bonds. The topological polar surface area (TPSA) is 47.3 Å². The van der Waals surface area contributed by atoms with Crippen LogP contribution < -0.4 is 15.8 Å². The lowest BCUT2D eigenvalue weighted by Crippen LogP contribution is -2.29. The summed E-state index contributed by atoms with van der Waals surface area (Å²) in [4.78, 5) is 0. The zero-order chi connectivity index (χ0) is 14.6. The van der Waals surface area contributed by atoms with Gasteiger partial charge >= 0.3 is 6.18 Å². The highest BCUT2D eigenvalue weighted by molar-refractivity contribution is 5.47. The van der Waals surface area contributed by atoms with E-state index in [1.165, 1.54) is 0 Å². The zero-order valence-corrected chi connectivity index (χ0v) is 11.1. The van der Waals surface area contributed by atoms with E-state index in [-0.39, 0.29) is 5.75 Å². The van der Waals surface area contributed by atoms with Gasteiger partial charge in [-0.1, -0.05) is 6.42 Å². The molecular weight excluding hydrogens is 269 g/mol. The molecule has 0 aliphatic heterocycles. The van der Waals surface area contributed by atoms with Crippen LogP contribution in [0.1, 0.15) is 19.3 Å². The van der Waals surface area contributed by atoms with Crippen molar-refractivity contribution in [2.75, 3.05) is 18.5 Å². The highest BCUT2D eigenvalue weighted by Crippen LogP contribution is 2.28. The van der Waals surface area contributed by atoms with Gasteiger partial charge in [0.05, 0.1) is 0 Å².